The second-order valence-electron chi connectivity index (χ2n) is 10.1. The average Bonchev–Trinajstić information content (AvgIpc) is 3.52. The van der Waals surface area contributed by atoms with Crippen LogP contribution in [0.25, 0.3) is 11.2 Å². The average molecular weight is 736 g/mol. The molecule has 0 spiro atoms. The van der Waals surface area contributed by atoms with Gasteiger partial charge < -0.3 is 9.30 Å². The molecule has 2 heterocycles. The Balaban J connectivity index is 1.63. The van der Waals surface area contributed by atoms with Gasteiger partial charge in [0.25, 0.3) is 5.56 Å². The number of aromatic nitrogens is 4. The van der Waals surface area contributed by atoms with E-state index in [1.807, 2.05) is 0 Å². The Kier molecular flexibility index (Phi) is 9.51. The Labute approximate surface area is 265 Å². The predicted molar refractivity (Wildman–Crippen MR) is 135 cm³/mol. The van der Waals surface area contributed by atoms with E-state index in [9.17, 15) is 75.4 Å². The van der Waals surface area contributed by atoms with E-state index in [4.69, 9.17) is 4.74 Å². The third-order valence-corrected chi connectivity index (χ3v) is 7.24. The van der Waals surface area contributed by atoms with Gasteiger partial charge in [-0.1, -0.05) is 0 Å². The fourth-order valence-electron chi connectivity index (χ4n) is 4.70. The highest BCUT2D eigenvalue weighted by atomic mass is 19.2. The Morgan fingerprint density at radius 3 is 1.28 bits per heavy atom. The van der Waals surface area contributed by atoms with Gasteiger partial charge in [0.05, 0.1) is 38.2 Å². The largest absolute Gasteiger partial charge is 0.375 e. The molecular weight excluding hydrogens is 725 g/mol. The molecule has 3 aromatic carbocycles. The molecule has 0 aliphatic rings. The maximum atomic E-state index is 14.6. The number of nitrogens with zero attached hydrogens (tertiary/aromatic N) is 4. The van der Waals surface area contributed by atoms with Crippen LogP contribution in [0.4, 0.5) is 65.9 Å². The Hall–Kier alpha value is -5.28. The molecule has 0 N–H and O–H groups in total. The van der Waals surface area contributed by atoms with Crippen LogP contribution in [-0.4, -0.2) is 25.3 Å². The van der Waals surface area contributed by atoms with Crippen LogP contribution in [0.1, 0.15) is 16.7 Å². The molecule has 5 aromatic rings. The molecule has 0 saturated heterocycles. The topological polar surface area (TPSA) is 71.1 Å². The van der Waals surface area contributed by atoms with Crippen molar-refractivity contribution in [1.29, 1.82) is 0 Å². The summed E-state index contributed by atoms with van der Waals surface area (Å²) in [5.41, 5.74) is -10.2. The van der Waals surface area contributed by atoms with Crippen LogP contribution in [0.5, 0.6) is 0 Å². The number of hydrogen-bond donors (Lipinski definition) is 0. The molecule has 0 saturated carbocycles. The van der Waals surface area contributed by atoms with Crippen LogP contribution in [0.2, 0.25) is 0 Å². The molecule has 22 heteroatoms. The molecule has 0 unspecified atom stereocenters. The van der Waals surface area contributed by atoms with E-state index in [1.165, 1.54) is 0 Å². The summed E-state index contributed by atoms with van der Waals surface area (Å²) in [5, 5.41) is 0. The molecule has 2 aromatic heterocycles. The quantitative estimate of drug-likeness (QED) is 0.0836. The van der Waals surface area contributed by atoms with Crippen LogP contribution < -0.4 is 11.2 Å². The van der Waals surface area contributed by atoms with E-state index >= 15 is 0 Å². The van der Waals surface area contributed by atoms with E-state index in [1.54, 1.807) is 0 Å². The summed E-state index contributed by atoms with van der Waals surface area (Å²) in [6.45, 7) is -6.19. The van der Waals surface area contributed by atoms with Gasteiger partial charge in [0.2, 0.25) is 17.5 Å². The summed E-state index contributed by atoms with van der Waals surface area (Å²) < 4.78 is 215. The van der Waals surface area contributed by atoms with Crippen LogP contribution in [-0.2, 0) is 31.0 Å². The lowest BCUT2D eigenvalue weighted by molar-refractivity contribution is 0.107. The lowest BCUT2D eigenvalue weighted by Crippen LogP contribution is -2.42. The Bertz CT molecular complexity index is 2270. The van der Waals surface area contributed by atoms with Crippen molar-refractivity contribution in [3.63, 3.8) is 0 Å². The summed E-state index contributed by atoms with van der Waals surface area (Å²) in [4.78, 5) is 30.5. The van der Waals surface area contributed by atoms with Gasteiger partial charge in [-0.05, 0) is 0 Å². The van der Waals surface area contributed by atoms with Crippen LogP contribution in [0.15, 0.2) is 15.9 Å². The molecule has 266 valence electrons. The molecule has 5 rings (SSSR count). The highest BCUT2D eigenvalue weighted by Crippen LogP contribution is 2.27. The molecule has 0 bridgehead atoms. The van der Waals surface area contributed by atoms with Crippen LogP contribution in [0, 0.1) is 87.3 Å². The minimum Gasteiger partial charge on any atom is -0.375 e. The van der Waals surface area contributed by atoms with E-state index < -0.39 is 159 Å². The molecule has 7 nitrogen and oxygen atoms in total. The standard InChI is InChI=1S/C28H11F15N4O3/c29-10-7(11(30)17(36)22(41)16(10)35)3-46-26-25(27(48)47(28(46)49)4-8-12(31)18(37)23(42)19(38)13(8)32)45(6-44-26)1-2-50-5-9-14(33)20(39)24(43)21(40)15(9)34/h6H,1-5H2. The number of imidazole rings is 1. The molecule has 0 atom stereocenters. The van der Waals surface area contributed by atoms with E-state index in [2.05, 4.69) is 4.98 Å². The van der Waals surface area contributed by atoms with Crippen molar-refractivity contribution >= 4 is 11.2 Å². The lowest BCUT2D eigenvalue weighted by Gasteiger charge is -2.15. The van der Waals surface area contributed by atoms with Crippen molar-refractivity contribution < 1.29 is 70.6 Å². The smallest absolute Gasteiger partial charge is 0.333 e. The first-order chi connectivity index (χ1) is 23.4. The van der Waals surface area contributed by atoms with Crippen molar-refractivity contribution in [2.24, 2.45) is 0 Å². The zero-order valence-electron chi connectivity index (χ0n) is 23.8. The van der Waals surface area contributed by atoms with Gasteiger partial charge in [0, 0.05) is 17.7 Å². The Morgan fingerprint density at radius 1 is 0.500 bits per heavy atom. The lowest BCUT2D eigenvalue weighted by atomic mass is 10.1. The fraction of sp³-hybridized carbons (Fsp3) is 0.179. The fourth-order valence-corrected chi connectivity index (χ4v) is 4.70. The number of halogens is 15. The normalized spacial score (nSPS) is 11.7. The van der Waals surface area contributed by atoms with Gasteiger partial charge in [-0.15, -0.1) is 0 Å². The van der Waals surface area contributed by atoms with Crippen LogP contribution >= 0.6 is 0 Å². The summed E-state index contributed by atoms with van der Waals surface area (Å²) >= 11 is 0. The van der Waals surface area contributed by atoms with Crippen molar-refractivity contribution in [2.75, 3.05) is 6.61 Å². The van der Waals surface area contributed by atoms with Gasteiger partial charge in [-0.25, -0.2) is 75.6 Å². The van der Waals surface area contributed by atoms with Crippen LogP contribution in [0.3, 0.4) is 0 Å². The number of benzene rings is 3. The minimum atomic E-state index is -2.63. The Morgan fingerprint density at radius 2 is 0.860 bits per heavy atom. The van der Waals surface area contributed by atoms with Gasteiger partial charge in [0.15, 0.2) is 81.0 Å². The molecular formula is C28H11F15N4O3. The number of fused-ring (bicyclic) bond motifs is 1. The zero-order valence-corrected chi connectivity index (χ0v) is 23.8. The highest BCUT2D eigenvalue weighted by Gasteiger charge is 2.31. The maximum Gasteiger partial charge on any atom is 0.333 e. The summed E-state index contributed by atoms with van der Waals surface area (Å²) in [6, 6.07) is 0. The SMILES string of the molecule is O=c1c2c(ncn2CCOCc2c(F)c(F)c(F)c(F)c2F)n(Cc2c(F)c(F)c(F)c(F)c2F)c(=O)n1Cc1c(F)c(F)c(F)c(F)c1F. The monoisotopic (exact) mass is 736 g/mol. The number of rotatable bonds is 9. The highest BCUT2D eigenvalue weighted by molar-refractivity contribution is 5.70. The summed E-state index contributed by atoms with van der Waals surface area (Å²) in [7, 11) is 0. The van der Waals surface area contributed by atoms with Gasteiger partial charge in [-0.2, -0.15) is 0 Å². The third kappa shape index (κ3) is 5.65. The minimum absolute atomic E-state index is 0.0488. The number of ether oxygens (including phenoxy) is 1. The number of hydrogen-bond acceptors (Lipinski definition) is 4. The van der Waals surface area contributed by atoms with E-state index in [0.717, 1.165) is 0 Å². The van der Waals surface area contributed by atoms with Crippen molar-refractivity contribution in [2.45, 2.75) is 26.2 Å². The first-order valence-electron chi connectivity index (χ1n) is 13.2. The molecule has 50 heavy (non-hydrogen) atoms. The van der Waals surface area contributed by atoms with Gasteiger partial charge in [0.1, 0.15) is 0 Å². The molecule has 0 aliphatic carbocycles. The molecule has 0 amide bonds. The van der Waals surface area contributed by atoms with Gasteiger partial charge in [-0.3, -0.25) is 13.9 Å². The maximum absolute atomic E-state index is 14.6. The molecule has 0 radical (unpaired) electrons. The van der Waals surface area contributed by atoms with Crippen molar-refractivity contribution in [3.05, 3.63) is 131 Å². The van der Waals surface area contributed by atoms with E-state index in [0.29, 0.717) is 10.9 Å². The molecule has 0 fully saturated rings. The van der Waals surface area contributed by atoms with Gasteiger partial charge >= 0.3 is 5.69 Å². The predicted octanol–water partition coefficient (Wildman–Crippen LogP) is 5.76. The van der Waals surface area contributed by atoms with Crippen molar-refractivity contribution in [1.82, 2.24) is 18.7 Å². The van der Waals surface area contributed by atoms with Crippen molar-refractivity contribution in [3.8, 4) is 0 Å². The van der Waals surface area contributed by atoms with E-state index in [-0.39, 0.29) is 9.13 Å². The first kappa shape index (κ1) is 36.0. The summed E-state index contributed by atoms with van der Waals surface area (Å²) in [5.74, 6) is -36.7. The third-order valence-electron chi connectivity index (χ3n) is 7.24. The zero-order chi connectivity index (χ0) is 37.1. The second kappa shape index (κ2) is 13.2. The second-order valence-corrected chi connectivity index (χ2v) is 10.1. The summed E-state index contributed by atoms with van der Waals surface area (Å²) in [6.07, 6.45) is 0.658. The molecule has 0 aliphatic heterocycles. The first-order valence-corrected chi connectivity index (χ1v) is 13.2.